The first kappa shape index (κ1) is 15.6. The average molecular weight is 248 g/mol. The fourth-order valence-corrected chi connectivity index (χ4v) is 3.70. The summed E-state index contributed by atoms with van der Waals surface area (Å²) in [4.78, 5) is 0. The smallest absolute Gasteiger partial charge is 0.147 e. The van der Waals surface area contributed by atoms with E-state index in [1.807, 2.05) is 0 Å². The van der Waals surface area contributed by atoms with Gasteiger partial charge in [-0.15, -0.1) is 24.8 Å². The largest absolute Gasteiger partial charge is 0.164 e. The lowest BCUT2D eigenvalue weighted by Gasteiger charge is -2.22. The maximum absolute atomic E-state index is 5.14. The standard InChI is InChI=1S/C8H15PS.2ClH/c1-2-7-5-3-4-6-8(7)9-10;;/h7-8H,2-6H2,1H3;2*1H/p+1. The van der Waals surface area contributed by atoms with E-state index in [4.69, 9.17) is 11.8 Å². The van der Waals surface area contributed by atoms with Crippen LogP contribution < -0.4 is 0 Å². The van der Waals surface area contributed by atoms with Gasteiger partial charge in [0.1, 0.15) is 5.66 Å². The van der Waals surface area contributed by atoms with Crippen LogP contribution in [0.4, 0.5) is 0 Å². The lowest BCUT2D eigenvalue weighted by Crippen LogP contribution is -2.18. The van der Waals surface area contributed by atoms with E-state index in [2.05, 4.69) is 6.92 Å². The molecule has 1 aliphatic rings. The summed E-state index contributed by atoms with van der Waals surface area (Å²) < 4.78 is 0. The van der Waals surface area contributed by atoms with Crippen LogP contribution in [-0.4, -0.2) is 5.66 Å². The third-order valence-electron chi connectivity index (χ3n) is 2.58. The number of hydrogen-bond donors (Lipinski definition) is 0. The summed E-state index contributed by atoms with van der Waals surface area (Å²) in [6.07, 6.45) is 7.11. The number of halogens is 2. The Morgan fingerprint density at radius 2 is 1.83 bits per heavy atom. The maximum atomic E-state index is 5.14. The van der Waals surface area contributed by atoms with Gasteiger partial charge in [0, 0.05) is 5.92 Å². The minimum atomic E-state index is 0. The summed E-state index contributed by atoms with van der Waals surface area (Å²) in [5.74, 6) is 0.976. The molecule has 0 heterocycles. The van der Waals surface area contributed by atoms with Crippen molar-refractivity contribution in [3.63, 3.8) is 0 Å². The molecule has 0 aromatic carbocycles. The van der Waals surface area contributed by atoms with Gasteiger partial charge >= 0.3 is 0 Å². The van der Waals surface area contributed by atoms with Crippen LogP contribution in [0.25, 0.3) is 0 Å². The molecule has 0 aromatic heterocycles. The van der Waals surface area contributed by atoms with Crippen molar-refractivity contribution in [2.45, 2.75) is 44.7 Å². The van der Waals surface area contributed by atoms with Crippen LogP contribution >= 0.6 is 32.2 Å². The molecular formula is C8H18Cl2PS+. The van der Waals surface area contributed by atoms with E-state index in [0.717, 1.165) is 18.9 Å². The summed E-state index contributed by atoms with van der Waals surface area (Å²) in [7, 11) is 0.777. The van der Waals surface area contributed by atoms with Crippen molar-refractivity contribution in [3.05, 3.63) is 0 Å². The summed E-state index contributed by atoms with van der Waals surface area (Å²) >= 11 is 5.14. The predicted octanol–water partition coefficient (Wildman–Crippen LogP) is 3.94. The van der Waals surface area contributed by atoms with E-state index in [0.29, 0.717) is 0 Å². The minimum absolute atomic E-state index is 0. The monoisotopic (exact) mass is 247 g/mol. The van der Waals surface area contributed by atoms with Crippen molar-refractivity contribution in [2.75, 3.05) is 0 Å². The molecule has 0 aliphatic heterocycles. The number of hydrogen-bond acceptors (Lipinski definition) is 1. The molecule has 0 aromatic rings. The quantitative estimate of drug-likeness (QED) is 0.667. The van der Waals surface area contributed by atoms with Gasteiger partial charge < -0.3 is 0 Å². The SMILES string of the molecule is CCC1CCCCC1[PH+]=S.Cl.Cl. The molecule has 0 radical (unpaired) electrons. The first-order chi connectivity index (χ1) is 4.88. The lowest BCUT2D eigenvalue weighted by atomic mass is 9.87. The molecule has 0 spiro atoms. The zero-order valence-corrected chi connectivity index (χ0v) is 10.9. The Morgan fingerprint density at radius 3 is 2.25 bits per heavy atom. The normalized spacial score (nSPS) is 28.8. The van der Waals surface area contributed by atoms with Gasteiger partial charge in [0.2, 0.25) is 0 Å². The molecule has 1 aliphatic carbocycles. The molecule has 1 fully saturated rings. The Bertz CT molecular complexity index is 122. The molecule has 0 saturated heterocycles. The van der Waals surface area contributed by atoms with Gasteiger partial charge in [-0.1, -0.05) is 13.3 Å². The number of rotatable bonds is 2. The van der Waals surface area contributed by atoms with Crippen molar-refractivity contribution >= 4 is 44.0 Å². The van der Waals surface area contributed by atoms with Gasteiger partial charge in [-0.25, -0.2) is 0 Å². The van der Waals surface area contributed by atoms with Gasteiger partial charge in [0.25, 0.3) is 0 Å². The van der Waals surface area contributed by atoms with Crippen molar-refractivity contribution in [3.8, 4) is 0 Å². The molecule has 0 nitrogen and oxygen atoms in total. The Balaban J connectivity index is 0. The third kappa shape index (κ3) is 4.37. The van der Waals surface area contributed by atoms with Crippen molar-refractivity contribution in [1.29, 1.82) is 0 Å². The van der Waals surface area contributed by atoms with Gasteiger partial charge in [0.05, 0.1) is 0 Å². The zero-order chi connectivity index (χ0) is 7.40. The molecule has 3 atom stereocenters. The van der Waals surface area contributed by atoms with E-state index in [9.17, 15) is 0 Å². The molecule has 74 valence electrons. The lowest BCUT2D eigenvalue weighted by molar-refractivity contribution is 0.361. The van der Waals surface area contributed by atoms with Crippen molar-refractivity contribution in [1.82, 2.24) is 0 Å². The van der Waals surface area contributed by atoms with E-state index in [1.54, 1.807) is 0 Å². The fraction of sp³-hybridized carbons (Fsp3) is 1.00. The highest BCUT2D eigenvalue weighted by Crippen LogP contribution is 2.34. The highest BCUT2D eigenvalue weighted by molar-refractivity contribution is 7.96. The Hall–Kier alpha value is 1.10. The van der Waals surface area contributed by atoms with Crippen LogP contribution in [-0.2, 0) is 11.8 Å². The maximum Gasteiger partial charge on any atom is 0.164 e. The van der Waals surface area contributed by atoms with Crippen LogP contribution in [0.15, 0.2) is 0 Å². The van der Waals surface area contributed by atoms with Gasteiger partial charge in [-0.3, -0.25) is 0 Å². The van der Waals surface area contributed by atoms with Crippen molar-refractivity contribution < 1.29 is 0 Å². The minimum Gasteiger partial charge on any atom is -0.147 e. The second-order valence-electron chi connectivity index (χ2n) is 3.18. The molecule has 3 unspecified atom stereocenters. The van der Waals surface area contributed by atoms with Crippen molar-refractivity contribution in [2.24, 2.45) is 5.92 Å². The molecule has 1 saturated carbocycles. The molecule has 12 heavy (non-hydrogen) atoms. The van der Waals surface area contributed by atoms with Gasteiger partial charge in [0.15, 0.2) is 19.2 Å². The van der Waals surface area contributed by atoms with E-state index >= 15 is 0 Å². The molecular weight excluding hydrogens is 230 g/mol. The average Bonchev–Trinajstić information content (AvgIpc) is 2.04. The first-order valence-electron chi connectivity index (χ1n) is 4.26. The fourth-order valence-electron chi connectivity index (χ4n) is 1.85. The topological polar surface area (TPSA) is 0 Å². The molecule has 4 heteroatoms. The van der Waals surface area contributed by atoms with Crippen LogP contribution in [0.5, 0.6) is 0 Å². The highest BCUT2D eigenvalue weighted by atomic mass is 35.5. The van der Waals surface area contributed by atoms with Crippen LogP contribution in [0.3, 0.4) is 0 Å². The second-order valence-corrected chi connectivity index (χ2v) is 4.86. The van der Waals surface area contributed by atoms with Gasteiger partial charge in [-0.2, -0.15) is 0 Å². The Morgan fingerprint density at radius 1 is 1.25 bits per heavy atom. The second kappa shape index (κ2) is 8.69. The Kier molecular flexibility index (Phi) is 11.3. The molecule has 1 rings (SSSR count). The Labute approximate surface area is 94.5 Å². The third-order valence-corrected chi connectivity index (χ3v) is 4.56. The molecule has 0 N–H and O–H groups in total. The predicted molar refractivity (Wildman–Crippen MR) is 66.2 cm³/mol. The highest BCUT2D eigenvalue weighted by Gasteiger charge is 2.26. The van der Waals surface area contributed by atoms with Gasteiger partial charge in [-0.05, 0) is 25.7 Å². The summed E-state index contributed by atoms with van der Waals surface area (Å²) in [5.41, 5.74) is 0.911. The molecule has 0 amide bonds. The van der Waals surface area contributed by atoms with E-state index in [-0.39, 0.29) is 24.8 Å². The van der Waals surface area contributed by atoms with Crippen LogP contribution in [0.2, 0.25) is 0 Å². The summed E-state index contributed by atoms with van der Waals surface area (Å²) in [6.45, 7) is 2.30. The summed E-state index contributed by atoms with van der Waals surface area (Å²) in [6, 6.07) is 0. The van der Waals surface area contributed by atoms with E-state index < -0.39 is 0 Å². The zero-order valence-electron chi connectivity index (χ0n) is 7.41. The summed E-state index contributed by atoms with van der Waals surface area (Å²) in [5, 5.41) is 0. The first-order valence-corrected chi connectivity index (χ1v) is 6.47. The molecule has 0 bridgehead atoms. The van der Waals surface area contributed by atoms with Crippen LogP contribution in [0.1, 0.15) is 39.0 Å². The van der Waals surface area contributed by atoms with E-state index in [1.165, 1.54) is 32.1 Å². The van der Waals surface area contributed by atoms with Crippen LogP contribution in [0, 0.1) is 5.92 Å².